The number of nitrogens with two attached hydrogens (primary N) is 4. The number of likely N-dealkylation sites (N-methyl/N-ethyl adjacent to an activating group) is 6. The summed E-state index contributed by atoms with van der Waals surface area (Å²) in [4.78, 5) is 213. The van der Waals surface area contributed by atoms with Crippen LogP contribution in [0.15, 0.2) is 65.7 Å². The number of carbonyl (C=O) groups is 14. The van der Waals surface area contributed by atoms with E-state index in [0.717, 1.165) is 19.6 Å². The van der Waals surface area contributed by atoms with E-state index in [-0.39, 0.29) is 83.1 Å². The molecule has 2 saturated heterocycles. The first-order valence-corrected chi connectivity index (χ1v) is 35.9. The molecular weight excluding hydrogens is 1360 g/mol. The fourth-order valence-corrected chi connectivity index (χ4v) is 13.8. The van der Waals surface area contributed by atoms with E-state index in [1.54, 1.807) is 116 Å². The molecule has 2 aromatic carbocycles. The molecule has 0 spiro atoms. The number of aliphatic carboxylic acids is 1. The molecule has 12 N–H and O–H groups in total. The van der Waals surface area contributed by atoms with E-state index in [9.17, 15) is 48.3 Å². The van der Waals surface area contributed by atoms with E-state index < -0.39 is 180 Å². The van der Waals surface area contributed by atoms with E-state index in [2.05, 4.69) is 20.9 Å². The number of hydrogen-bond acceptors (Lipinski definition) is 16. The fraction of sp³-hybridized carbons (Fsp3) is 0.630. The Labute approximate surface area is 616 Å². The Morgan fingerprint density at radius 1 is 0.552 bits per heavy atom. The minimum atomic E-state index is -1.69. The normalized spacial score (nSPS) is 17.1. The van der Waals surface area contributed by atoms with Crippen LogP contribution in [0.25, 0.3) is 0 Å². The van der Waals surface area contributed by atoms with E-state index in [0.29, 0.717) is 30.4 Å². The highest BCUT2D eigenvalue weighted by Gasteiger charge is 2.48. The van der Waals surface area contributed by atoms with Crippen molar-refractivity contribution in [3.8, 4) is 0 Å². The Kier molecular flexibility index (Phi) is 34.3. The standard InChI is InChI=1S/C73H114N16O16/c1-16-45(8)61(87(14)67(98)55(40-57(75)91)84(11)69(100)59(43(4)5)85(12)64(95)49(79-58(92)41-105-15)37-46-26-19-17-20-27-46)71(102)86(13)60(44(6)7)70(101)83(10)54(36-42(2)3)66(97)82(9)53(39-56(74)90)63(94)81-50(38-47-28-21-18-22-29-47)65(96)89-35-25-32-52(89)68(99)88-34-24-31-51(88)62(93)80-48(72(103)104)30-23-33-78-73(76)77/h17-22,26-29,42-45,48-55,59-61H,16,23-25,30-41H2,1-15H3,(H2,74,90)(H2,75,91)(H,79,92)(H,80,93)(H,81,94)(H,103,104)(H4,76,77,78)/t45-,48-,49-,50-,51-,52-,53-,54-,55-,59-,60-,61-/m0/s1. The number of carboxylic acid groups (broad SMARTS) is 1. The average Bonchev–Trinajstić information content (AvgIpc) is 1.78. The number of methoxy groups -OCH3 is 1. The molecule has 105 heavy (non-hydrogen) atoms. The summed E-state index contributed by atoms with van der Waals surface area (Å²) in [6.45, 7) is 13.8. The molecule has 0 saturated carbocycles. The number of guanidine groups is 1. The second kappa shape index (κ2) is 41.1. The van der Waals surface area contributed by atoms with Crippen LogP contribution in [0.2, 0.25) is 0 Å². The summed E-state index contributed by atoms with van der Waals surface area (Å²) in [5.41, 5.74) is 23.7. The molecule has 0 unspecified atom stereocenters. The summed E-state index contributed by atoms with van der Waals surface area (Å²) in [5.74, 6) is -13.7. The molecule has 2 fully saturated rings. The second-order valence-corrected chi connectivity index (χ2v) is 28.6. The minimum absolute atomic E-state index is 0.00639. The molecule has 12 atom stereocenters. The van der Waals surface area contributed by atoms with Crippen LogP contribution in [0.3, 0.4) is 0 Å². The number of carboxylic acids is 1. The summed E-state index contributed by atoms with van der Waals surface area (Å²) < 4.78 is 5.01. The summed E-state index contributed by atoms with van der Waals surface area (Å²) >= 11 is 0. The maximum Gasteiger partial charge on any atom is 0.326 e. The molecule has 2 aromatic rings. The quantitative estimate of drug-likeness (QED) is 0.0243. The number of nitrogens with one attached hydrogen (secondary N) is 3. The van der Waals surface area contributed by atoms with Gasteiger partial charge in [-0.1, -0.05) is 122 Å². The number of ether oxygens (including phenoxy) is 1. The molecule has 0 radical (unpaired) electrons. The number of likely N-dealkylation sites (tertiary alicyclic amines) is 2. The predicted molar refractivity (Wildman–Crippen MR) is 391 cm³/mol. The number of amides is 13. The third-order valence-corrected chi connectivity index (χ3v) is 19.6. The molecule has 2 aliphatic heterocycles. The summed E-state index contributed by atoms with van der Waals surface area (Å²) in [5, 5.41) is 18.0. The number of carbonyl (C=O) groups excluding carboxylic acids is 13. The van der Waals surface area contributed by atoms with E-state index >= 15 is 24.0 Å². The van der Waals surface area contributed by atoms with E-state index in [1.807, 2.05) is 0 Å². The molecule has 0 bridgehead atoms. The van der Waals surface area contributed by atoms with Gasteiger partial charge in [0.1, 0.15) is 73.1 Å². The van der Waals surface area contributed by atoms with Crippen molar-refractivity contribution >= 4 is 88.7 Å². The van der Waals surface area contributed by atoms with Crippen molar-refractivity contribution in [2.45, 2.75) is 199 Å². The second-order valence-electron chi connectivity index (χ2n) is 28.6. The summed E-state index contributed by atoms with van der Waals surface area (Å²) in [6, 6.07) is 2.80. The lowest BCUT2D eigenvalue weighted by molar-refractivity contribution is -0.159. The molecule has 0 aliphatic carbocycles. The zero-order chi connectivity index (χ0) is 79.0. The molecule has 4 rings (SSSR count). The Morgan fingerprint density at radius 2 is 1.01 bits per heavy atom. The van der Waals surface area contributed by atoms with Crippen LogP contribution in [0.1, 0.15) is 131 Å². The van der Waals surface area contributed by atoms with Gasteiger partial charge in [-0.25, -0.2) is 4.79 Å². The Bertz CT molecular complexity index is 3390. The first-order chi connectivity index (χ1) is 49.3. The van der Waals surface area contributed by atoms with Gasteiger partial charge in [-0.15, -0.1) is 0 Å². The van der Waals surface area contributed by atoms with Crippen LogP contribution in [0, 0.1) is 23.7 Å². The summed E-state index contributed by atoms with van der Waals surface area (Å²) in [6.07, 6.45) is 0.143. The van der Waals surface area contributed by atoms with Crippen molar-refractivity contribution in [1.29, 1.82) is 0 Å². The highest BCUT2D eigenvalue weighted by atomic mass is 16.5. The van der Waals surface area contributed by atoms with Gasteiger partial charge in [-0.2, -0.15) is 0 Å². The van der Waals surface area contributed by atoms with Crippen molar-refractivity contribution in [3.63, 3.8) is 0 Å². The van der Waals surface area contributed by atoms with E-state index in [1.165, 1.54) is 69.0 Å². The summed E-state index contributed by atoms with van der Waals surface area (Å²) in [7, 11) is 9.32. The molecule has 2 aliphatic rings. The van der Waals surface area contributed by atoms with E-state index in [4.69, 9.17) is 27.7 Å². The lowest BCUT2D eigenvalue weighted by Crippen LogP contribution is -2.63. The molecule has 0 aromatic heterocycles. The fourth-order valence-electron chi connectivity index (χ4n) is 13.8. The predicted octanol–water partition coefficient (Wildman–Crippen LogP) is -0.190. The van der Waals surface area contributed by atoms with Gasteiger partial charge in [0.05, 0.1) is 12.8 Å². The molecular formula is C73H114N16O16. The van der Waals surface area contributed by atoms with Crippen LogP contribution in [-0.4, -0.2) is 275 Å². The lowest BCUT2D eigenvalue weighted by atomic mass is 9.92. The van der Waals surface area contributed by atoms with Crippen LogP contribution in [0.5, 0.6) is 0 Å². The maximum absolute atomic E-state index is 15.4. The molecule has 32 heteroatoms. The number of benzene rings is 2. The van der Waals surface area contributed by atoms with Gasteiger partial charge in [0.15, 0.2) is 5.96 Å². The third kappa shape index (κ3) is 24.1. The minimum Gasteiger partial charge on any atom is -0.480 e. The molecule has 582 valence electrons. The van der Waals surface area contributed by atoms with Crippen molar-refractivity contribution in [2.75, 3.05) is 75.6 Å². The van der Waals surface area contributed by atoms with Crippen LogP contribution < -0.4 is 38.9 Å². The molecule has 2 heterocycles. The number of aliphatic imine (C=N–C) groups is 1. The van der Waals surface area contributed by atoms with Crippen molar-refractivity contribution in [1.82, 2.24) is 55.1 Å². The van der Waals surface area contributed by atoms with Gasteiger partial charge in [-0.3, -0.25) is 67.3 Å². The highest BCUT2D eigenvalue weighted by Crippen LogP contribution is 2.29. The van der Waals surface area contributed by atoms with Gasteiger partial charge in [0, 0.05) is 81.9 Å². The number of primary amides is 2. The largest absolute Gasteiger partial charge is 0.480 e. The van der Waals surface area contributed by atoms with Crippen molar-refractivity contribution in [3.05, 3.63) is 71.8 Å². The first-order valence-electron chi connectivity index (χ1n) is 35.9. The monoisotopic (exact) mass is 1470 g/mol. The van der Waals surface area contributed by atoms with Gasteiger partial charge < -0.3 is 87.9 Å². The van der Waals surface area contributed by atoms with Gasteiger partial charge in [-0.05, 0) is 79.7 Å². The lowest BCUT2D eigenvalue weighted by Gasteiger charge is -2.42. The zero-order valence-electron chi connectivity index (χ0n) is 63.7. The molecule has 32 nitrogen and oxygen atoms in total. The number of nitrogens with zero attached hydrogens (tertiary/aromatic N) is 9. The highest BCUT2D eigenvalue weighted by molar-refractivity contribution is 6.01. The number of hydrogen-bond donors (Lipinski definition) is 8. The topological polar surface area (TPSA) is 447 Å². The SMILES string of the molecule is CC[C@H](C)[C@@H](C(=O)N(C)[C@H](C(=O)N(C)[C@@H](CC(C)C)C(=O)N(C)[C@@H](CC(N)=O)C(=O)N[C@@H](Cc1ccccc1)C(=O)N1CCC[C@H]1C(=O)N1CCC[C@H]1C(=O)N[C@@H](CCCN=C(N)N)C(=O)O)C(C)C)N(C)C(=O)[C@H](CC(N)=O)N(C)C(=O)[C@H](C(C)C)N(C)C(=O)[C@H](Cc1ccccc1)NC(=O)COC. The molecule has 13 amide bonds. The zero-order valence-corrected chi connectivity index (χ0v) is 63.7. The van der Waals surface area contributed by atoms with Crippen molar-refractivity contribution < 1.29 is 77.0 Å². The Morgan fingerprint density at radius 3 is 1.50 bits per heavy atom. The first kappa shape index (κ1) is 87.7. The van der Waals surface area contributed by atoms with Gasteiger partial charge >= 0.3 is 5.97 Å². The van der Waals surface area contributed by atoms with Crippen LogP contribution in [0.4, 0.5) is 0 Å². The maximum atomic E-state index is 15.4. The van der Waals surface area contributed by atoms with Crippen LogP contribution >= 0.6 is 0 Å². The smallest absolute Gasteiger partial charge is 0.326 e. The number of rotatable bonds is 40. The van der Waals surface area contributed by atoms with Crippen molar-refractivity contribution in [2.24, 2.45) is 51.6 Å². The van der Waals surface area contributed by atoms with Crippen LogP contribution in [-0.2, 0) is 84.7 Å². The van der Waals surface area contributed by atoms with Gasteiger partial charge in [0.2, 0.25) is 76.8 Å². The van der Waals surface area contributed by atoms with Gasteiger partial charge in [0.25, 0.3) is 0 Å². The Hall–Kier alpha value is -9.75. The average molecular weight is 1470 g/mol. The third-order valence-electron chi connectivity index (χ3n) is 19.6. The Balaban J connectivity index is 1.66.